The van der Waals surface area contributed by atoms with Crippen molar-refractivity contribution in [1.29, 1.82) is 0 Å². The number of amides is 1. The number of aromatic nitrogens is 1. The van der Waals surface area contributed by atoms with Crippen molar-refractivity contribution in [3.63, 3.8) is 0 Å². The third-order valence-corrected chi connectivity index (χ3v) is 4.36. The molecule has 0 fully saturated rings. The summed E-state index contributed by atoms with van der Waals surface area (Å²) < 4.78 is 16.2. The number of nitrogens with zero attached hydrogens (tertiary/aromatic N) is 1. The van der Waals surface area contributed by atoms with Crippen molar-refractivity contribution < 1.29 is 18.8 Å². The second-order valence-electron chi connectivity index (χ2n) is 6.11. The van der Waals surface area contributed by atoms with Crippen LogP contribution in [0.3, 0.4) is 0 Å². The molecule has 0 bridgehead atoms. The van der Waals surface area contributed by atoms with Crippen molar-refractivity contribution in [2.75, 3.05) is 20.3 Å². The predicted molar refractivity (Wildman–Crippen MR) is 88.4 cm³/mol. The number of ether oxygens (including phenoxy) is 2. The number of rotatable bonds is 5. The summed E-state index contributed by atoms with van der Waals surface area (Å²) in [6.07, 6.45) is 1.15. The third kappa shape index (κ3) is 3.37. The molecule has 0 unspecified atom stereocenters. The molecule has 1 aliphatic rings. The molecular weight excluding hydrogens is 308 g/mol. The molecule has 0 saturated heterocycles. The minimum absolute atomic E-state index is 0.0270. The maximum atomic E-state index is 12.2. The van der Waals surface area contributed by atoms with Crippen LogP contribution in [0.15, 0.2) is 22.7 Å². The van der Waals surface area contributed by atoms with Crippen LogP contribution in [-0.2, 0) is 17.6 Å². The summed E-state index contributed by atoms with van der Waals surface area (Å²) in [5.41, 5.74) is 2.75. The van der Waals surface area contributed by atoms with Gasteiger partial charge in [0.1, 0.15) is 5.76 Å². The summed E-state index contributed by atoms with van der Waals surface area (Å²) in [7, 11) is 1.64. The molecule has 1 aromatic heterocycles. The van der Waals surface area contributed by atoms with Crippen LogP contribution < -0.4 is 14.8 Å². The van der Waals surface area contributed by atoms with Gasteiger partial charge in [0, 0.05) is 18.0 Å². The first-order chi connectivity index (χ1) is 11.6. The van der Waals surface area contributed by atoms with Crippen LogP contribution in [0.5, 0.6) is 11.5 Å². The second kappa shape index (κ2) is 6.95. The average molecular weight is 330 g/mol. The van der Waals surface area contributed by atoms with Gasteiger partial charge in [-0.3, -0.25) is 4.79 Å². The number of para-hydroxylation sites is 1. The Balaban J connectivity index is 1.55. The van der Waals surface area contributed by atoms with Crippen molar-refractivity contribution in [3.05, 3.63) is 40.8 Å². The van der Waals surface area contributed by atoms with Gasteiger partial charge in [0.05, 0.1) is 25.8 Å². The molecule has 24 heavy (non-hydrogen) atoms. The number of aryl methyl sites for hydroxylation is 2. The zero-order chi connectivity index (χ0) is 17.1. The Morgan fingerprint density at radius 2 is 2.25 bits per heavy atom. The van der Waals surface area contributed by atoms with E-state index in [1.807, 2.05) is 32.0 Å². The van der Waals surface area contributed by atoms with Crippen molar-refractivity contribution in [2.24, 2.45) is 5.92 Å². The van der Waals surface area contributed by atoms with Crippen LogP contribution in [0.4, 0.5) is 0 Å². The van der Waals surface area contributed by atoms with Crippen LogP contribution in [0.25, 0.3) is 0 Å². The molecule has 0 spiro atoms. The highest BCUT2D eigenvalue weighted by atomic mass is 16.5. The molecule has 1 aromatic carbocycles. The van der Waals surface area contributed by atoms with E-state index >= 15 is 0 Å². The quantitative estimate of drug-likeness (QED) is 0.910. The average Bonchev–Trinajstić information content (AvgIpc) is 2.91. The lowest BCUT2D eigenvalue weighted by Gasteiger charge is -2.26. The molecule has 0 saturated carbocycles. The highest BCUT2D eigenvalue weighted by Gasteiger charge is 2.23. The van der Waals surface area contributed by atoms with Gasteiger partial charge in [0.15, 0.2) is 11.5 Å². The van der Waals surface area contributed by atoms with Gasteiger partial charge in [-0.25, -0.2) is 0 Å². The monoisotopic (exact) mass is 330 g/mol. The van der Waals surface area contributed by atoms with Gasteiger partial charge in [-0.1, -0.05) is 17.3 Å². The predicted octanol–water partition coefficient (Wildman–Crippen LogP) is 2.21. The molecule has 2 heterocycles. The summed E-state index contributed by atoms with van der Waals surface area (Å²) in [6, 6.07) is 5.89. The Kier molecular flexibility index (Phi) is 4.74. The Hall–Kier alpha value is -2.50. The Bertz CT molecular complexity index is 719. The lowest BCUT2D eigenvalue weighted by molar-refractivity contribution is -0.120. The third-order valence-electron chi connectivity index (χ3n) is 4.36. The Morgan fingerprint density at radius 1 is 1.42 bits per heavy atom. The first-order valence-electron chi connectivity index (χ1n) is 8.05. The molecule has 1 atom stereocenters. The summed E-state index contributed by atoms with van der Waals surface area (Å²) >= 11 is 0. The van der Waals surface area contributed by atoms with Crippen molar-refractivity contribution in [3.8, 4) is 11.5 Å². The van der Waals surface area contributed by atoms with Crippen LogP contribution in [0, 0.1) is 19.8 Å². The Labute approximate surface area is 141 Å². The van der Waals surface area contributed by atoms with E-state index in [-0.39, 0.29) is 11.8 Å². The maximum absolute atomic E-state index is 12.2. The zero-order valence-electron chi connectivity index (χ0n) is 14.2. The molecule has 2 aromatic rings. The largest absolute Gasteiger partial charge is 0.493 e. The van der Waals surface area contributed by atoms with Crippen molar-refractivity contribution >= 4 is 5.91 Å². The maximum Gasteiger partial charge on any atom is 0.224 e. The summed E-state index contributed by atoms with van der Waals surface area (Å²) in [6.45, 7) is 4.82. The van der Waals surface area contributed by atoms with Gasteiger partial charge in [-0.2, -0.15) is 0 Å². The van der Waals surface area contributed by atoms with Gasteiger partial charge < -0.3 is 19.3 Å². The Morgan fingerprint density at radius 3 is 2.96 bits per heavy atom. The van der Waals surface area contributed by atoms with Gasteiger partial charge in [0.25, 0.3) is 0 Å². The number of fused-ring (bicyclic) bond motifs is 1. The molecule has 6 heteroatoms. The van der Waals surface area contributed by atoms with Crippen LogP contribution >= 0.6 is 0 Å². The van der Waals surface area contributed by atoms with Gasteiger partial charge in [-0.15, -0.1) is 0 Å². The van der Waals surface area contributed by atoms with Crippen molar-refractivity contribution in [1.82, 2.24) is 10.5 Å². The number of carbonyl (C=O) groups excluding carboxylic acids is 1. The number of hydrogen-bond donors (Lipinski definition) is 1. The number of nitrogens with one attached hydrogen (secondary N) is 1. The topological polar surface area (TPSA) is 73.6 Å². The number of hydrogen-bond acceptors (Lipinski definition) is 5. The fourth-order valence-corrected chi connectivity index (χ4v) is 2.98. The number of carbonyl (C=O) groups is 1. The van der Waals surface area contributed by atoms with Crippen LogP contribution in [0.2, 0.25) is 0 Å². The van der Waals surface area contributed by atoms with Gasteiger partial charge in [0.2, 0.25) is 5.91 Å². The van der Waals surface area contributed by atoms with E-state index in [0.29, 0.717) is 25.3 Å². The summed E-state index contributed by atoms with van der Waals surface area (Å²) in [5, 5.41) is 6.86. The molecule has 0 radical (unpaired) electrons. The van der Waals surface area contributed by atoms with Crippen molar-refractivity contribution in [2.45, 2.75) is 26.7 Å². The van der Waals surface area contributed by atoms with E-state index in [0.717, 1.165) is 34.7 Å². The van der Waals surface area contributed by atoms with E-state index in [1.54, 1.807) is 7.11 Å². The van der Waals surface area contributed by atoms with Crippen LogP contribution in [0.1, 0.15) is 22.6 Å². The van der Waals surface area contributed by atoms with E-state index in [2.05, 4.69) is 10.5 Å². The minimum Gasteiger partial charge on any atom is -0.493 e. The van der Waals surface area contributed by atoms with Crippen LogP contribution in [-0.4, -0.2) is 31.3 Å². The fraction of sp³-hybridized carbons (Fsp3) is 0.444. The molecule has 1 N–H and O–H groups in total. The SMILES string of the molecule is COc1cccc2c1OC[C@@H](CNC(=O)Cc1c(C)noc1C)C2. The number of methoxy groups -OCH3 is 1. The van der Waals surface area contributed by atoms with E-state index in [4.69, 9.17) is 14.0 Å². The minimum atomic E-state index is -0.0270. The van der Waals surface area contributed by atoms with E-state index in [1.165, 1.54) is 0 Å². The molecule has 1 aliphatic heterocycles. The lowest BCUT2D eigenvalue weighted by atomic mass is 9.96. The second-order valence-corrected chi connectivity index (χ2v) is 6.11. The lowest BCUT2D eigenvalue weighted by Crippen LogP contribution is -2.35. The normalized spacial score (nSPS) is 16.2. The molecule has 3 rings (SSSR count). The smallest absolute Gasteiger partial charge is 0.224 e. The molecular formula is C18H22N2O4. The molecule has 6 nitrogen and oxygen atoms in total. The van der Waals surface area contributed by atoms with Gasteiger partial charge >= 0.3 is 0 Å². The fourth-order valence-electron chi connectivity index (χ4n) is 2.98. The molecule has 1 amide bonds. The molecule has 128 valence electrons. The highest BCUT2D eigenvalue weighted by Crippen LogP contribution is 2.35. The summed E-state index contributed by atoms with van der Waals surface area (Å²) in [5.74, 6) is 2.50. The number of benzene rings is 1. The first-order valence-corrected chi connectivity index (χ1v) is 8.05. The highest BCUT2D eigenvalue weighted by molar-refractivity contribution is 5.79. The zero-order valence-corrected chi connectivity index (χ0v) is 14.2. The van der Waals surface area contributed by atoms with E-state index in [9.17, 15) is 4.79 Å². The first kappa shape index (κ1) is 16.4. The molecule has 0 aliphatic carbocycles. The standard InChI is InChI=1S/C18H22N2O4/c1-11-15(12(2)24-20-11)8-17(21)19-9-13-7-14-5-4-6-16(22-3)18(14)23-10-13/h4-6,13H,7-10H2,1-3H3,(H,19,21)/t13-/m1/s1. The summed E-state index contributed by atoms with van der Waals surface area (Å²) in [4.78, 5) is 12.2. The van der Waals surface area contributed by atoms with E-state index < -0.39 is 0 Å². The van der Waals surface area contributed by atoms with Gasteiger partial charge in [-0.05, 0) is 31.9 Å².